The lowest BCUT2D eigenvalue weighted by molar-refractivity contribution is -0.136. The number of rotatable bonds is 7. The van der Waals surface area contributed by atoms with E-state index >= 15 is 0 Å². The first kappa shape index (κ1) is 16.8. The molecule has 5 nitrogen and oxygen atoms in total. The smallest absolute Gasteiger partial charge is 0.319 e. The molecule has 0 aliphatic heterocycles. The fourth-order valence-corrected chi connectivity index (χ4v) is 3.62. The first-order valence-electron chi connectivity index (χ1n) is 6.21. The lowest BCUT2D eigenvalue weighted by atomic mass is 10.2. The highest BCUT2D eigenvalue weighted by Crippen LogP contribution is 2.18. The van der Waals surface area contributed by atoms with Crippen molar-refractivity contribution in [3.8, 4) is 0 Å². The monoisotopic (exact) mass is 318 g/mol. The summed E-state index contributed by atoms with van der Waals surface area (Å²) >= 11 is 0. The van der Waals surface area contributed by atoms with E-state index in [0.29, 0.717) is 17.7 Å². The van der Waals surface area contributed by atoms with E-state index in [-0.39, 0.29) is 4.90 Å². The maximum Gasteiger partial charge on any atom is 0.319 e. The summed E-state index contributed by atoms with van der Waals surface area (Å²) < 4.78 is 34.9. The van der Waals surface area contributed by atoms with Crippen molar-refractivity contribution in [2.24, 2.45) is 0 Å². The number of benzene rings is 1. The van der Waals surface area contributed by atoms with E-state index in [1.54, 1.807) is 0 Å². The Morgan fingerprint density at radius 1 is 1.30 bits per heavy atom. The lowest BCUT2D eigenvalue weighted by Gasteiger charge is -2.12. The molecule has 2 atom stereocenters. The average molecular weight is 318 g/mol. The summed E-state index contributed by atoms with van der Waals surface area (Å²) in [5.41, 5.74) is 0. The zero-order chi connectivity index (χ0) is 15.3. The Balaban J connectivity index is 2.98. The highest BCUT2D eigenvalue weighted by molar-refractivity contribution is 7.90. The fraction of sp³-hybridized carbons (Fsp3) is 0.462. The van der Waals surface area contributed by atoms with E-state index in [4.69, 9.17) is 5.11 Å². The number of carboxylic acids is 1. The van der Waals surface area contributed by atoms with Crippen LogP contribution in [-0.4, -0.2) is 35.2 Å². The van der Waals surface area contributed by atoms with Crippen LogP contribution in [0.3, 0.4) is 0 Å². The third-order valence-electron chi connectivity index (χ3n) is 2.84. The summed E-state index contributed by atoms with van der Waals surface area (Å²) in [7, 11) is -4.99. The predicted molar refractivity (Wildman–Crippen MR) is 76.9 cm³/mol. The van der Waals surface area contributed by atoms with Crippen LogP contribution in [0.5, 0.6) is 0 Å². The van der Waals surface area contributed by atoms with Crippen molar-refractivity contribution in [1.29, 1.82) is 0 Å². The van der Waals surface area contributed by atoms with Gasteiger partial charge in [-0.25, -0.2) is 8.42 Å². The van der Waals surface area contributed by atoms with E-state index in [1.165, 1.54) is 24.3 Å². The molecule has 7 heteroatoms. The zero-order valence-corrected chi connectivity index (χ0v) is 13.0. The van der Waals surface area contributed by atoms with Gasteiger partial charge in [0.05, 0.1) is 15.7 Å². The van der Waals surface area contributed by atoms with Gasteiger partial charge in [-0.3, -0.25) is 9.00 Å². The van der Waals surface area contributed by atoms with Gasteiger partial charge < -0.3 is 5.11 Å². The Morgan fingerprint density at radius 2 is 1.85 bits per heavy atom. The molecule has 0 aromatic heterocycles. The molecule has 0 bridgehead atoms. The molecule has 1 N–H and O–H groups in total. The van der Waals surface area contributed by atoms with Crippen LogP contribution in [-0.2, 0) is 25.4 Å². The van der Waals surface area contributed by atoms with Crippen LogP contribution in [0, 0.1) is 0 Å². The molecule has 0 saturated carbocycles. The lowest BCUT2D eigenvalue weighted by Crippen LogP contribution is -2.25. The Hall–Kier alpha value is -1.21. The average Bonchev–Trinajstić information content (AvgIpc) is 2.37. The summed E-state index contributed by atoms with van der Waals surface area (Å²) in [5, 5.41) is 8.17. The highest BCUT2D eigenvalue weighted by atomic mass is 32.2. The van der Waals surface area contributed by atoms with Crippen LogP contribution in [0.25, 0.3) is 0 Å². The third kappa shape index (κ3) is 4.42. The summed E-state index contributed by atoms with van der Waals surface area (Å²) in [6.07, 6.45) is 2.94. The van der Waals surface area contributed by atoms with Gasteiger partial charge in [-0.2, -0.15) is 0 Å². The van der Waals surface area contributed by atoms with Crippen molar-refractivity contribution in [2.45, 2.75) is 41.2 Å². The van der Waals surface area contributed by atoms with Gasteiger partial charge in [0.25, 0.3) is 0 Å². The first-order valence-corrected chi connectivity index (χ1v) is 9.31. The minimum Gasteiger partial charge on any atom is -0.480 e. The van der Waals surface area contributed by atoms with E-state index in [2.05, 4.69) is 0 Å². The maximum atomic E-state index is 12.2. The SMILES string of the molecule is CCCCC(C(=O)O)S(=O)c1ccc(S(C)(=O)=O)cc1. The fourth-order valence-electron chi connectivity index (χ4n) is 1.70. The third-order valence-corrected chi connectivity index (χ3v) is 5.66. The molecule has 0 saturated heterocycles. The quantitative estimate of drug-likeness (QED) is 0.828. The summed E-state index contributed by atoms with van der Waals surface area (Å²) in [5.74, 6) is -1.09. The molecule has 2 unspecified atom stereocenters. The summed E-state index contributed by atoms with van der Waals surface area (Å²) in [6.45, 7) is 1.93. The number of unbranched alkanes of at least 4 members (excludes halogenated alkanes) is 1. The normalized spacial score (nSPS) is 14.7. The number of sulfone groups is 1. The molecule has 0 fully saturated rings. The standard InChI is InChI=1S/C13H18O5S2/c1-3-4-5-12(13(14)15)19(16)10-6-8-11(9-7-10)20(2,17)18/h6-9,12H,3-5H2,1-2H3,(H,14,15). The number of hydrogen-bond acceptors (Lipinski definition) is 4. The van der Waals surface area contributed by atoms with Gasteiger partial charge in [0, 0.05) is 11.2 Å². The second-order valence-electron chi connectivity index (χ2n) is 4.51. The largest absolute Gasteiger partial charge is 0.480 e. The second-order valence-corrected chi connectivity index (χ2v) is 8.16. The van der Waals surface area contributed by atoms with Crippen molar-refractivity contribution in [3.63, 3.8) is 0 Å². The van der Waals surface area contributed by atoms with E-state index < -0.39 is 31.9 Å². The van der Waals surface area contributed by atoms with Crippen molar-refractivity contribution < 1.29 is 22.5 Å². The minimum absolute atomic E-state index is 0.124. The molecule has 1 aromatic rings. The molecular weight excluding hydrogens is 300 g/mol. The second kappa shape index (κ2) is 6.99. The number of carboxylic acid groups (broad SMARTS) is 1. The number of hydrogen-bond donors (Lipinski definition) is 1. The molecule has 20 heavy (non-hydrogen) atoms. The van der Waals surface area contributed by atoms with E-state index in [1.807, 2.05) is 6.92 Å². The first-order chi connectivity index (χ1) is 9.27. The van der Waals surface area contributed by atoms with Crippen LogP contribution >= 0.6 is 0 Å². The van der Waals surface area contributed by atoms with Crippen molar-refractivity contribution in [2.75, 3.05) is 6.26 Å². The van der Waals surface area contributed by atoms with Crippen molar-refractivity contribution in [3.05, 3.63) is 24.3 Å². The molecule has 0 aliphatic rings. The van der Waals surface area contributed by atoms with Crippen molar-refractivity contribution in [1.82, 2.24) is 0 Å². The molecule has 0 radical (unpaired) electrons. The summed E-state index contributed by atoms with van der Waals surface area (Å²) in [4.78, 5) is 11.6. The Bertz CT molecular complexity index is 590. The zero-order valence-electron chi connectivity index (χ0n) is 11.4. The van der Waals surface area contributed by atoms with Gasteiger partial charge >= 0.3 is 5.97 Å². The van der Waals surface area contributed by atoms with E-state index in [0.717, 1.165) is 12.7 Å². The van der Waals surface area contributed by atoms with Gasteiger partial charge in [-0.15, -0.1) is 0 Å². The van der Waals surface area contributed by atoms with Gasteiger partial charge in [0.1, 0.15) is 5.25 Å². The Labute approximate surface area is 121 Å². The van der Waals surface area contributed by atoms with Crippen LogP contribution in [0.4, 0.5) is 0 Å². The number of aliphatic carboxylic acids is 1. The topological polar surface area (TPSA) is 88.5 Å². The van der Waals surface area contributed by atoms with Crippen LogP contribution in [0.1, 0.15) is 26.2 Å². The van der Waals surface area contributed by atoms with Crippen molar-refractivity contribution >= 4 is 26.6 Å². The van der Waals surface area contributed by atoms with Crippen LogP contribution in [0.15, 0.2) is 34.1 Å². The van der Waals surface area contributed by atoms with Crippen LogP contribution < -0.4 is 0 Å². The number of carbonyl (C=O) groups is 1. The molecule has 1 aromatic carbocycles. The van der Waals surface area contributed by atoms with Gasteiger partial charge in [0.2, 0.25) is 0 Å². The Kier molecular flexibility index (Phi) is 5.88. The van der Waals surface area contributed by atoms with Crippen LogP contribution in [0.2, 0.25) is 0 Å². The van der Waals surface area contributed by atoms with Gasteiger partial charge in [0.15, 0.2) is 9.84 Å². The van der Waals surface area contributed by atoms with E-state index in [9.17, 15) is 17.4 Å². The molecule has 0 spiro atoms. The molecule has 1 rings (SSSR count). The molecule has 0 aliphatic carbocycles. The summed E-state index contributed by atoms with van der Waals surface area (Å²) in [6, 6.07) is 5.52. The molecule has 0 heterocycles. The maximum absolute atomic E-state index is 12.2. The molecule has 112 valence electrons. The highest BCUT2D eigenvalue weighted by Gasteiger charge is 2.25. The minimum atomic E-state index is -3.31. The van der Waals surface area contributed by atoms with Gasteiger partial charge in [-0.05, 0) is 30.7 Å². The molecular formula is C13H18O5S2. The van der Waals surface area contributed by atoms with Gasteiger partial charge in [-0.1, -0.05) is 19.8 Å². The molecule has 0 amide bonds. The Morgan fingerprint density at radius 3 is 2.25 bits per heavy atom. The predicted octanol–water partition coefficient (Wildman–Crippen LogP) is 1.84.